The van der Waals surface area contributed by atoms with Crippen molar-refractivity contribution in [3.8, 4) is 0 Å². The number of ether oxygens (including phenoxy) is 1. The summed E-state index contributed by atoms with van der Waals surface area (Å²) in [5.74, 6) is 0.884. The number of rotatable bonds is 5. The van der Waals surface area contributed by atoms with Crippen LogP contribution >= 0.6 is 12.2 Å². The van der Waals surface area contributed by atoms with Gasteiger partial charge in [0.05, 0.1) is 12.7 Å². The number of esters is 1. The first-order valence-corrected chi connectivity index (χ1v) is 9.57. The molecule has 0 aliphatic rings. The molecule has 0 bridgehead atoms. The van der Waals surface area contributed by atoms with Crippen LogP contribution in [0.15, 0.2) is 35.3 Å². The molecule has 0 saturated heterocycles. The number of carbonyl (C=O) groups is 1. The van der Waals surface area contributed by atoms with Gasteiger partial charge in [-0.25, -0.2) is 14.8 Å². The highest BCUT2D eigenvalue weighted by atomic mass is 32.1. The monoisotopic (exact) mass is 414 g/mol. The number of aliphatic imine (C=N–C) groups is 1. The van der Waals surface area contributed by atoms with E-state index in [0.29, 0.717) is 35.0 Å². The lowest BCUT2D eigenvalue weighted by molar-refractivity contribution is 0.0601. The highest BCUT2D eigenvalue weighted by molar-refractivity contribution is 7.80. The Bertz CT molecular complexity index is 876. The summed E-state index contributed by atoms with van der Waals surface area (Å²) < 4.78 is 4.70. The minimum atomic E-state index is -0.391. The Morgan fingerprint density at radius 2 is 1.76 bits per heavy atom. The Labute approximate surface area is 176 Å². The predicted octanol–water partition coefficient (Wildman–Crippen LogP) is 3.29. The van der Waals surface area contributed by atoms with E-state index in [2.05, 4.69) is 44.8 Å². The Hall–Kier alpha value is -3.07. The number of hydrogen-bond acceptors (Lipinski definition) is 6. The number of aromatic nitrogens is 2. The second-order valence-electron chi connectivity index (χ2n) is 6.83. The van der Waals surface area contributed by atoms with Crippen molar-refractivity contribution in [2.75, 3.05) is 24.3 Å². The SMILES string of the molecule is COC(=O)c1ccc(NC(=S)NC(=NCC(C)C)Nc2nc(C)cc(C)n2)cc1. The number of benzene rings is 1. The maximum absolute atomic E-state index is 11.5. The van der Waals surface area contributed by atoms with Gasteiger partial charge in [-0.3, -0.25) is 10.3 Å². The predicted molar refractivity (Wildman–Crippen MR) is 119 cm³/mol. The van der Waals surface area contributed by atoms with Gasteiger partial charge in [-0.05, 0) is 62.3 Å². The first-order chi connectivity index (χ1) is 13.8. The quantitative estimate of drug-likeness (QED) is 0.297. The molecule has 3 N–H and O–H groups in total. The van der Waals surface area contributed by atoms with E-state index in [9.17, 15) is 4.79 Å². The van der Waals surface area contributed by atoms with Crippen LogP contribution in [0.1, 0.15) is 35.6 Å². The smallest absolute Gasteiger partial charge is 0.337 e. The maximum Gasteiger partial charge on any atom is 0.337 e. The number of guanidine groups is 1. The molecule has 29 heavy (non-hydrogen) atoms. The summed E-state index contributed by atoms with van der Waals surface area (Å²) >= 11 is 5.39. The third-order valence-corrected chi connectivity index (χ3v) is 3.83. The van der Waals surface area contributed by atoms with Gasteiger partial charge in [0.15, 0.2) is 5.11 Å². The molecule has 0 atom stereocenters. The van der Waals surface area contributed by atoms with E-state index in [1.807, 2.05) is 19.9 Å². The average molecular weight is 415 g/mol. The summed E-state index contributed by atoms with van der Waals surface area (Å²) in [6, 6.07) is 8.70. The summed E-state index contributed by atoms with van der Waals surface area (Å²) in [5.41, 5.74) is 2.90. The van der Waals surface area contributed by atoms with E-state index in [0.717, 1.165) is 17.1 Å². The number of hydrogen-bond donors (Lipinski definition) is 3. The van der Waals surface area contributed by atoms with E-state index in [-0.39, 0.29) is 0 Å². The van der Waals surface area contributed by atoms with Crippen molar-refractivity contribution < 1.29 is 9.53 Å². The molecule has 2 aromatic rings. The Morgan fingerprint density at radius 3 is 2.31 bits per heavy atom. The summed E-state index contributed by atoms with van der Waals surface area (Å²) in [6.07, 6.45) is 0. The topological polar surface area (TPSA) is 101 Å². The van der Waals surface area contributed by atoms with Crippen LogP contribution in [0.5, 0.6) is 0 Å². The molecule has 1 heterocycles. The summed E-state index contributed by atoms with van der Waals surface area (Å²) in [6.45, 7) is 8.57. The Balaban J connectivity index is 2.08. The molecule has 1 aromatic heterocycles. The highest BCUT2D eigenvalue weighted by Crippen LogP contribution is 2.10. The number of carbonyl (C=O) groups excluding carboxylic acids is 1. The molecule has 9 heteroatoms. The molecule has 0 saturated carbocycles. The number of anilines is 2. The van der Waals surface area contributed by atoms with Gasteiger partial charge in [-0.1, -0.05) is 13.8 Å². The van der Waals surface area contributed by atoms with Gasteiger partial charge in [-0.15, -0.1) is 0 Å². The van der Waals surface area contributed by atoms with E-state index in [1.165, 1.54) is 7.11 Å². The molecular weight excluding hydrogens is 388 g/mol. The molecule has 0 aliphatic carbocycles. The number of nitrogens with one attached hydrogen (secondary N) is 3. The molecular formula is C20H26N6O2S. The van der Waals surface area contributed by atoms with Crippen molar-refractivity contribution in [1.82, 2.24) is 15.3 Å². The standard InChI is InChI=1S/C20H26N6O2S/c1-12(2)11-21-18(25-19-22-13(3)10-14(4)23-19)26-20(29)24-16-8-6-15(7-9-16)17(27)28-5/h6-10,12H,11H2,1-5H3,(H3,21,22,23,24,25,26,29). The van der Waals surface area contributed by atoms with Crippen molar-refractivity contribution in [3.63, 3.8) is 0 Å². The van der Waals surface area contributed by atoms with Gasteiger partial charge < -0.3 is 15.4 Å². The molecule has 0 amide bonds. The molecule has 1 aromatic carbocycles. The fourth-order valence-corrected chi connectivity index (χ4v) is 2.56. The lowest BCUT2D eigenvalue weighted by atomic mass is 10.2. The van der Waals surface area contributed by atoms with E-state index in [1.54, 1.807) is 24.3 Å². The number of thiocarbonyl (C=S) groups is 1. The van der Waals surface area contributed by atoms with Crippen LogP contribution < -0.4 is 16.0 Å². The van der Waals surface area contributed by atoms with Gasteiger partial charge in [0.1, 0.15) is 0 Å². The molecule has 154 valence electrons. The molecule has 0 unspecified atom stereocenters. The van der Waals surface area contributed by atoms with Crippen LogP contribution in [0.4, 0.5) is 11.6 Å². The van der Waals surface area contributed by atoms with Crippen LogP contribution in [0.2, 0.25) is 0 Å². The third kappa shape index (κ3) is 7.46. The summed E-state index contributed by atoms with van der Waals surface area (Å²) in [7, 11) is 1.35. The summed E-state index contributed by atoms with van der Waals surface area (Å²) in [5, 5.41) is 9.54. The Morgan fingerprint density at radius 1 is 1.14 bits per heavy atom. The lowest BCUT2D eigenvalue weighted by Crippen LogP contribution is -2.39. The van der Waals surface area contributed by atoms with Gasteiger partial charge >= 0.3 is 5.97 Å². The van der Waals surface area contributed by atoms with Gasteiger partial charge in [0, 0.05) is 23.6 Å². The minimum absolute atomic E-state index is 0.343. The number of nitrogens with zero attached hydrogens (tertiary/aromatic N) is 3. The van der Waals surface area contributed by atoms with Crippen LogP contribution in [0.25, 0.3) is 0 Å². The van der Waals surface area contributed by atoms with Crippen molar-refractivity contribution in [2.24, 2.45) is 10.9 Å². The first kappa shape index (κ1) is 22.2. The number of aryl methyl sites for hydroxylation is 2. The molecule has 0 fully saturated rings. The highest BCUT2D eigenvalue weighted by Gasteiger charge is 2.09. The van der Waals surface area contributed by atoms with Crippen molar-refractivity contribution in [1.29, 1.82) is 0 Å². The average Bonchev–Trinajstić information content (AvgIpc) is 2.65. The Kier molecular flexibility index (Phi) is 8.02. The molecule has 0 radical (unpaired) electrons. The molecule has 0 spiro atoms. The van der Waals surface area contributed by atoms with Gasteiger partial charge in [0.2, 0.25) is 11.9 Å². The van der Waals surface area contributed by atoms with E-state index in [4.69, 9.17) is 17.0 Å². The van der Waals surface area contributed by atoms with Crippen molar-refractivity contribution >= 4 is 40.9 Å². The zero-order chi connectivity index (χ0) is 21.4. The maximum atomic E-state index is 11.5. The van der Waals surface area contributed by atoms with Gasteiger partial charge in [-0.2, -0.15) is 0 Å². The zero-order valence-corrected chi connectivity index (χ0v) is 18.1. The van der Waals surface area contributed by atoms with Crippen LogP contribution in [-0.4, -0.2) is 40.7 Å². The first-order valence-electron chi connectivity index (χ1n) is 9.17. The lowest BCUT2D eigenvalue weighted by Gasteiger charge is -2.15. The third-order valence-electron chi connectivity index (χ3n) is 3.62. The molecule has 2 rings (SSSR count). The normalized spacial score (nSPS) is 11.2. The van der Waals surface area contributed by atoms with Crippen molar-refractivity contribution in [2.45, 2.75) is 27.7 Å². The molecule has 0 aliphatic heterocycles. The number of methoxy groups -OCH3 is 1. The zero-order valence-electron chi connectivity index (χ0n) is 17.2. The fourth-order valence-electron chi connectivity index (χ4n) is 2.35. The van der Waals surface area contributed by atoms with E-state index >= 15 is 0 Å². The fraction of sp³-hybridized carbons (Fsp3) is 0.350. The van der Waals surface area contributed by atoms with Crippen LogP contribution in [0, 0.1) is 19.8 Å². The summed E-state index contributed by atoms with van der Waals surface area (Å²) in [4.78, 5) is 24.8. The van der Waals surface area contributed by atoms with Gasteiger partial charge in [0.25, 0.3) is 0 Å². The molecule has 8 nitrogen and oxygen atoms in total. The van der Waals surface area contributed by atoms with Crippen molar-refractivity contribution in [3.05, 3.63) is 47.3 Å². The minimum Gasteiger partial charge on any atom is -0.465 e. The largest absolute Gasteiger partial charge is 0.465 e. The van der Waals surface area contributed by atoms with E-state index < -0.39 is 5.97 Å². The van der Waals surface area contributed by atoms with Crippen LogP contribution in [0.3, 0.4) is 0 Å². The second-order valence-corrected chi connectivity index (χ2v) is 7.24. The van der Waals surface area contributed by atoms with Crippen LogP contribution in [-0.2, 0) is 4.74 Å². The second kappa shape index (κ2) is 10.5.